The standard InChI is InChI=1S/C21H22F2N2O4S/c1-13-9-19(26)21(24(2)12-13)16-11-15(6-7-18(16)25(3)30(4,27)28)29-20-8-5-14(22)10-17(20)23/h5-8,10-12,21H,9H2,1-4H3. The predicted molar refractivity (Wildman–Crippen MR) is 110 cm³/mol. The number of carbonyl (C=O) groups excluding carboxylic acids is 1. The fourth-order valence-electron chi connectivity index (χ4n) is 3.42. The van der Waals surface area contributed by atoms with E-state index in [-0.39, 0.29) is 23.7 Å². The van der Waals surface area contributed by atoms with Gasteiger partial charge in [-0.2, -0.15) is 0 Å². The predicted octanol–water partition coefficient (Wildman–Crippen LogP) is 4.00. The molecule has 160 valence electrons. The van der Waals surface area contributed by atoms with Crippen molar-refractivity contribution >= 4 is 21.5 Å². The van der Waals surface area contributed by atoms with Crippen molar-refractivity contribution < 1.29 is 26.7 Å². The monoisotopic (exact) mass is 436 g/mol. The van der Waals surface area contributed by atoms with Crippen molar-refractivity contribution in [1.29, 1.82) is 0 Å². The number of benzene rings is 2. The molecule has 1 unspecified atom stereocenters. The topological polar surface area (TPSA) is 66.9 Å². The van der Waals surface area contributed by atoms with Crippen LogP contribution in [0.4, 0.5) is 14.5 Å². The largest absolute Gasteiger partial charge is 0.454 e. The van der Waals surface area contributed by atoms with Crippen LogP contribution in [0.5, 0.6) is 11.5 Å². The van der Waals surface area contributed by atoms with Crippen molar-refractivity contribution in [3.63, 3.8) is 0 Å². The Labute approximate surface area is 174 Å². The molecule has 0 amide bonds. The molecule has 0 radical (unpaired) electrons. The fourth-order valence-corrected chi connectivity index (χ4v) is 3.95. The van der Waals surface area contributed by atoms with E-state index in [0.29, 0.717) is 17.3 Å². The molecular formula is C21H22F2N2O4S. The number of sulfonamides is 1. The Morgan fingerprint density at radius 1 is 1.17 bits per heavy atom. The first kappa shape index (κ1) is 21.8. The van der Waals surface area contributed by atoms with E-state index in [9.17, 15) is 22.0 Å². The molecule has 0 aromatic heterocycles. The lowest BCUT2D eigenvalue weighted by atomic mass is 9.92. The van der Waals surface area contributed by atoms with Gasteiger partial charge in [0.15, 0.2) is 17.3 Å². The lowest BCUT2D eigenvalue weighted by Crippen LogP contribution is -2.34. The van der Waals surface area contributed by atoms with Crippen LogP contribution in [0.2, 0.25) is 0 Å². The maximum atomic E-state index is 14.0. The number of carbonyl (C=O) groups is 1. The van der Waals surface area contributed by atoms with E-state index in [2.05, 4.69) is 0 Å². The van der Waals surface area contributed by atoms with Gasteiger partial charge in [-0.15, -0.1) is 0 Å². The van der Waals surface area contributed by atoms with Gasteiger partial charge in [-0.25, -0.2) is 17.2 Å². The van der Waals surface area contributed by atoms with Gasteiger partial charge < -0.3 is 9.64 Å². The summed E-state index contributed by atoms with van der Waals surface area (Å²) >= 11 is 0. The minimum atomic E-state index is -3.60. The molecule has 0 fully saturated rings. The lowest BCUT2D eigenvalue weighted by Gasteiger charge is -2.33. The van der Waals surface area contributed by atoms with Crippen molar-refractivity contribution in [2.75, 3.05) is 24.7 Å². The van der Waals surface area contributed by atoms with Gasteiger partial charge >= 0.3 is 0 Å². The van der Waals surface area contributed by atoms with Crippen molar-refractivity contribution in [3.05, 3.63) is 65.4 Å². The summed E-state index contributed by atoms with van der Waals surface area (Å²) in [7, 11) is -0.484. The van der Waals surface area contributed by atoms with Crippen LogP contribution >= 0.6 is 0 Å². The summed E-state index contributed by atoms with van der Waals surface area (Å²) in [5.74, 6) is -1.72. The van der Waals surface area contributed by atoms with Gasteiger partial charge in [0.1, 0.15) is 17.6 Å². The number of anilines is 1. The van der Waals surface area contributed by atoms with Gasteiger partial charge in [0.05, 0.1) is 11.9 Å². The Morgan fingerprint density at radius 2 is 1.87 bits per heavy atom. The highest BCUT2D eigenvalue weighted by atomic mass is 32.2. The molecule has 1 atom stereocenters. The first-order valence-electron chi connectivity index (χ1n) is 9.10. The second-order valence-corrected chi connectivity index (χ2v) is 9.33. The number of hydrogen-bond acceptors (Lipinski definition) is 5. The molecule has 0 spiro atoms. The van der Waals surface area contributed by atoms with Gasteiger partial charge in [-0.05, 0) is 49.0 Å². The number of ether oxygens (including phenoxy) is 1. The molecule has 9 heteroatoms. The van der Waals surface area contributed by atoms with Crippen molar-refractivity contribution in [1.82, 2.24) is 4.90 Å². The zero-order chi connectivity index (χ0) is 22.2. The van der Waals surface area contributed by atoms with E-state index in [1.165, 1.54) is 25.2 Å². The van der Waals surface area contributed by atoms with Crippen LogP contribution in [0, 0.1) is 11.6 Å². The highest BCUT2D eigenvalue weighted by molar-refractivity contribution is 7.92. The first-order chi connectivity index (χ1) is 14.0. The Bertz CT molecular complexity index is 1130. The number of allylic oxidation sites excluding steroid dienone is 1. The van der Waals surface area contributed by atoms with Crippen LogP contribution in [0.3, 0.4) is 0 Å². The number of ketones is 1. The Hall–Kier alpha value is -2.94. The highest BCUT2D eigenvalue weighted by Crippen LogP contribution is 2.38. The van der Waals surface area contributed by atoms with Gasteiger partial charge in [-0.3, -0.25) is 9.10 Å². The van der Waals surface area contributed by atoms with Crippen molar-refractivity contribution in [3.8, 4) is 11.5 Å². The quantitative estimate of drug-likeness (QED) is 0.709. The van der Waals surface area contributed by atoms with Crippen molar-refractivity contribution in [2.24, 2.45) is 0 Å². The molecule has 30 heavy (non-hydrogen) atoms. The van der Waals surface area contributed by atoms with Gasteiger partial charge in [-0.1, -0.05) is 0 Å². The van der Waals surface area contributed by atoms with Crippen molar-refractivity contribution in [2.45, 2.75) is 19.4 Å². The van der Waals surface area contributed by atoms with E-state index in [0.717, 1.165) is 28.3 Å². The molecule has 0 N–H and O–H groups in total. The molecule has 0 aliphatic carbocycles. The summed E-state index contributed by atoms with van der Waals surface area (Å²) in [4.78, 5) is 14.5. The molecule has 1 heterocycles. The van der Waals surface area contributed by atoms with Crippen LogP contribution in [0.1, 0.15) is 24.9 Å². The van der Waals surface area contributed by atoms with Crippen LogP contribution in [-0.4, -0.2) is 39.5 Å². The number of likely N-dealkylation sites (N-methyl/N-ethyl adjacent to an activating group) is 1. The third-order valence-electron chi connectivity index (χ3n) is 4.84. The number of Topliss-reactive ketones (excluding diaryl/α,β-unsaturated/α-hetero) is 1. The van der Waals surface area contributed by atoms with Gasteiger partial charge in [0, 0.05) is 32.1 Å². The molecule has 3 rings (SSSR count). The third-order valence-corrected chi connectivity index (χ3v) is 6.03. The van der Waals surface area contributed by atoms with Crippen LogP contribution < -0.4 is 9.04 Å². The molecule has 2 aromatic rings. The summed E-state index contributed by atoms with van der Waals surface area (Å²) in [6, 6.07) is 6.66. The van der Waals surface area contributed by atoms with E-state index in [4.69, 9.17) is 4.74 Å². The molecule has 6 nitrogen and oxygen atoms in total. The second kappa shape index (κ2) is 8.06. The number of rotatable bonds is 5. The Balaban J connectivity index is 2.11. The van der Waals surface area contributed by atoms with Crippen LogP contribution in [0.15, 0.2) is 48.2 Å². The SMILES string of the molecule is CC1=CN(C)C(c2cc(Oc3ccc(F)cc3F)ccc2N(C)S(C)(=O)=O)C(=O)C1. The summed E-state index contributed by atoms with van der Waals surface area (Å²) in [5.41, 5.74) is 1.60. The molecule has 0 bridgehead atoms. The van der Waals surface area contributed by atoms with E-state index in [1.807, 2.05) is 13.1 Å². The molecule has 2 aromatic carbocycles. The lowest BCUT2D eigenvalue weighted by molar-refractivity contribution is -0.123. The summed E-state index contributed by atoms with van der Waals surface area (Å²) in [6.07, 6.45) is 3.11. The van der Waals surface area contributed by atoms with Crippen LogP contribution in [-0.2, 0) is 14.8 Å². The van der Waals surface area contributed by atoms with Gasteiger partial charge in [0.2, 0.25) is 10.0 Å². The zero-order valence-corrected chi connectivity index (χ0v) is 17.8. The Kier molecular flexibility index (Phi) is 5.85. The Morgan fingerprint density at radius 3 is 2.47 bits per heavy atom. The molecule has 1 aliphatic rings. The molecule has 0 saturated heterocycles. The maximum Gasteiger partial charge on any atom is 0.232 e. The smallest absolute Gasteiger partial charge is 0.232 e. The normalized spacial score (nSPS) is 17.0. The van der Waals surface area contributed by atoms with E-state index in [1.54, 1.807) is 11.9 Å². The average Bonchev–Trinajstić information content (AvgIpc) is 2.62. The number of hydrogen-bond donors (Lipinski definition) is 0. The molecular weight excluding hydrogens is 414 g/mol. The number of nitrogens with zero attached hydrogens (tertiary/aromatic N) is 2. The third kappa shape index (κ3) is 4.46. The second-order valence-electron chi connectivity index (χ2n) is 7.31. The highest BCUT2D eigenvalue weighted by Gasteiger charge is 2.32. The molecule has 1 aliphatic heterocycles. The van der Waals surface area contributed by atoms with Gasteiger partial charge in [0.25, 0.3) is 0 Å². The summed E-state index contributed by atoms with van der Waals surface area (Å²) < 4.78 is 58.1. The average molecular weight is 436 g/mol. The first-order valence-corrected chi connectivity index (χ1v) is 10.9. The fraction of sp³-hybridized carbons (Fsp3) is 0.286. The minimum Gasteiger partial charge on any atom is -0.454 e. The summed E-state index contributed by atoms with van der Waals surface area (Å²) in [6.45, 7) is 1.84. The number of halogens is 2. The van der Waals surface area contributed by atoms with E-state index >= 15 is 0 Å². The minimum absolute atomic E-state index is 0.106. The summed E-state index contributed by atoms with van der Waals surface area (Å²) in [5, 5.41) is 0. The van der Waals surface area contributed by atoms with E-state index < -0.39 is 27.7 Å². The molecule has 0 saturated carbocycles. The zero-order valence-electron chi connectivity index (χ0n) is 17.0. The maximum absolute atomic E-state index is 14.0. The van der Waals surface area contributed by atoms with Crippen LogP contribution in [0.25, 0.3) is 0 Å².